The van der Waals surface area contributed by atoms with Gasteiger partial charge in [0, 0.05) is 12.6 Å². The van der Waals surface area contributed by atoms with Crippen molar-refractivity contribution in [3.05, 3.63) is 29.8 Å². The summed E-state index contributed by atoms with van der Waals surface area (Å²) in [7, 11) is 0. The van der Waals surface area contributed by atoms with Gasteiger partial charge in [-0.1, -0.05) is 12.1 Å². The molecule has 0 aliphatic heterocycles. The molecular formula is C14H17N3O3. The molecule has 0 saturated carbocycles. The molecule has 2 N–H and O–H groups in total. The number of anilines is 1. The first kappa shape index (κ1) is 15.5. The summed E-state index contributed by atoms with van der Waals surface area (Å²) in [5, 5.41) is 20.3. The van der Waals surface area contributed by atoms with Crippen molar-refractivity contribution in [2.75, 3.05) is 11.9 Å². The summed E-state index contributed by atoms with van der Waals surface area (Å²) in [4.78, 5) is 24.2. The number of hydrogen-bond acceptors (Lipinski definition) is 3. The molecule has 0 bridgehead atoms. The maximum absolute atomic E-state index is 12.1. The lowest BCUT2D eigenvalue weighted by molar-refractivity contribution is -0.137. The lowest BCUT2D eigenvalue weighted by Crippen LogP contribution is -2.41. The highest BCUT2D eigenvalue weighted by atomic mass is 16.4. The highest BCUT2D eigenvalue weighted by Gasteiger charge is 2.18. The number of benzene rings is 1. The second kappa shape index (κ2) is 7.14. The van der Waals surface area contributed by atoms with Crippen LogP contribution in [-0.2, 0) is 4.79 Å². The van der Waals surface area contributed by atoms with Crippen LogP contribution in [0.5, 0.6) is 0 Å². The molecular weight excluding hydrogens is 258 g/mol. The third kappa shape index (κ3) is 4.28. The maximum atomic E-state index is 12.1. The van der Waals surface area contributed by atoms with Crippen molar-refractivity contribution in [2.24, 2.45) is 0 Å². The van der Waals surface area contributed by atoms with Gasteiger partial charge in [-0.2, -0.15) is 5.26 Å². The van der Waals surface area contributed by atoms with Crippen molar-refractivity contribution in [1.29, 1.82) is 5.26 Å². The summed E-state index contributed by atoms with van der Waals surface area (Å²) < 4.78 is 0. The molecule has 20 heavy (non-hydrogen) atoms. The SMILES string of the molecule is CC(C)N(CCC(=O)O)C(=O)Nc1ccccc1C#N. The van der Waals surface area contributed by atoms with Gasteiger partial charge in [-0.3, -0.25) is 4.79 Å². The van der Waals surface area contributed by atoms with Gasteiger partial charge in [-0.05, 0) is 26.0 Å². The summed E-state index contributed by atoms with van der Waals surface area (Å²) in [5.41, 5.74) is 0.781. The van der Waals surface area contributed by atoms with Crippen molar-refractivity contribution in [1.82, 2.24) is 4.90 Å². The van der Waals surface area contributed by atoms with E-state index in [2.05, 4.69) is 5.32 Å². The van der Waals surface area contributed by atoms with Crippen molar-refractivity contribution in [3.8, 4) is 6.07 Å². The number of carboxylic acids is 1. The summed E-state index contributed by atoms with van der Waals surface area (Å²) >= 11 is 0. The van der Waals surface area contributed by atoms with Crippen LogP contribution in [0.15, 0.2) is 24.3 Å². The van der Waals surface area contributed by atoms with Gasteiger partial charge in [0.15, 0.2) is 0 Å². The predicted molar refractivity (Wildman–Crippen MR) is 74.3 cm³/mol. The molecule has 0 spiro atoms. The number of nitrogens with one attached hydrogen (secondary N) is 1. The van der Waals surface area contributed by atoms with Gasteiger partial charge in [0.05, 0.1) is 17.7 Å². The normalized spacial score (nSPS) is 9.90. The van der Waals surface area contributed by atoms with Gasteiger partial charge in [0.1, 0.15) is 6.07 Å². The van der Waals surface area contributed by atoms with E-state index in [1.165, 1.54) is 4.90 Å². The van der Waals surface area contributed by atoms with Crippen LogP contribution in [0.2, 0.25) is 0 Å². The zero-order valence-corrected chi connectivity index (χ0v) is 11.5. The molecule has 0 aliphatic carbocycles. The Morgan fingerprint density at radius 1 is 1.40 bits per heavy atom. The number of urea groups is 1. The minimum atomic E-state index is -0.958. The van der Waals surface area contributed by atoms with E-state index < -0.39 is 12.0 Å². The van der Waals surface area contributed by atoms with Crippen LogP contribution in [-0.4, -0.2) is 34.6 Å². The Morgan fingerprint density at radius 3 is 2.60 bits per heavy atom. The lowest BCUT2D eigenvalue weighted by atomic mass is 10.2. The van der Waals surface area contributed by atoms with E-state index in [1.54, 1.807) is 38.1 Å². The van der Waals surface area contributed by atoms with Gasteiger partial charge in [-0.15, -0.1) is 0 Å². The van der Waals surface area contributed by atoms with Crippen molar-refractivity contribution >= 4 is 17.7 Å². The van der Waals surface area contributed by atoms with E-state index in [0.29, 0.717) is 11.3 Å². The molecule has 0 unspecified atom stereocenters. The predicted octanol–water partition coefficient (Wildman–Crippen LogP) is 2.28. The third-order valence-electron chi connectivity index (χ3n) is 2.74. The number of amides is 2. The molecule has 106 valence electrons. The summed E-state index contributed by atoms with van der Waals surface area (Å²) in [5.74, 6) is -0.958. The van der Waals surface area contributed by atoms with Gasteiger partial charge < -0.3 is 15.3 Å². The zero-order valence-electron chi connectivity index (χ0n) is 11.5. The quantitative estimate of drug-likeness (QED) is 0.862. The molecule has 6 nitrogen and oxygen atoms in total. The number of nitrogens with zero attached hydrogens (tertiary/aromatic N) is 2. The first-order valence-corrected chi connectivity index (χ1v) is 6.24. The average molecular weight is 275 g/mol. The topological polar surface area (TPSA) is 93.4 Å². The molecule has 0 atom stereocenters. The van der Waals surface area contributed by atoms with E-state index in [0.717, 1.165) is 0 Å². The Bertz CT molecular complexity index is 535. The Labute approximate surface area is 117 Å². The minimum Gasteiger partial charge on any atom is -0.481 e. The molecule has 0 aromatic heterocycles. The fourth-order valence-electron chi connectivity index (χ4n) is 1.69. The summed E-state index contributed by atoms with van der Waals surface area (Å²) in [6.45, 7) is 3.73. The smallest absolute Gasteiger partial charge is 0.322 e. The Morgan fingerprint density at radius 2 is 2.05 bits per heavy atom. The van der Waals surface area contributed by atoms with Gasteiger partial charge >= 0.3 is 12.0 Å². The monoisotopic (exact) mass is 275 g/mol. The molecule has 0 heterocycles. The van der Waals surface area contributed by atoms with Crippen LogP contribution in [0.4, 0.5) is 10.5 Å². The second-order valence-corrected chi connectivity index (χ2v) is 4.52. The highest BCUT2D eigenvalue weighted by molar-refractivity contribution is 5.91. The van der Waals surface area contributed by atoms with Crippen molar-refractivity contribution in [2.45, 2.75) is 26.3 Å². The highest BCUT2D eigenvalue weighted by Crippen LogP contribution is 2.15. The Hall–Kier alpha value is -2.55. The van der Waals surface area contributed by atoms with Crippen LogP contribution in [0, 0.1) is 11.3 Å². The number of hydrogen-bond donors (Lipinski definition) is 2. The minimum absolute atomic E-state index is 0.119. The van der Waals surface area contributed by atoms with Crippen LogP contribution >= 0.6 is 0 Å². The Balaban J connectivity index is 2.81. The second-order valence-electron chi connectivity index (χ2n) is 4.52. The molecule has 1 rings (SSSR count). The van der Waals surface area contributed by atoms with E-state index in [-0.39, 0.29) is 19.0 Å². The number of carbonyl (C=O) groups excluding carboxylic acids is 1. The molecule has 0 aliphatic rings. The average Bonchev–Trinajstić information content (AvgIpc) is 2.38. The summed E-state index contributed by atoms with van der Waals surface area (Å²) in [6, 6.07) is 8.10. The van der Waals surface area contributed by atoms with E-state index >= 15 is 0 Å². The number of carbonyl (C=O) groups is 2. The number of rotatable bonds is 5. The zero-order chi connectivity index (χ0) is 15.1. The summed E-state index contributed by atoms with van der Waals surface area (Å²) in [6.07, 6.45) is -0.120. The molecule has 0 radical (unpaired) electrons. The number of aliphatic carboxylic acids is 1. The van der Waals surface area contributed by atoms with Gasteiger partial charge in [0.2, 0.25) is 0 Å². The molecule has 1 aromatic carbocycles. The first-order chi connectivity index (χ1) is 9.45. The molecule has 2 amide bonds. The first-order valence-electron chi connectivity index (χ1n) is 6.24. The van der Waals surface area contributed by atoms with Crippen LogP contribution < -0.4 is 5.32 Å². The van der Waals surface area contributed by atoms with E-state index in [1.807, 2.05) is 6.07 Å². The van der Waals surface area contributed by atoms with Gasteiger partial charge in [0.25, 0.3) is 0 Å². The molecule has 6 heteroatoms. The molecule has 1 aromatic rings. The van der Waals surface area contributed by atoms with Crippen LogP contribution in [0.25, 0.3) is 0 Å². The standard InChI is InChI=1S/C14H17N3O3/c1-10(2)17(8-7-13(18)19)14(20)16-12-6-4-3-5-11(12)9-15/h3-6,10H,7-8H2,1-2H3,(H,16,20)(H,18,19). The van der Waals surface area contributed by atoms with Crippen LogP contribution in [0.3, 0.4) is 0 Å². The third-order valence-corrected chi connectivity index (χ3v) is 2.74. The number of para-hydroxylation sites is 1. The Kier molecular flexibility index (Phi) is 5.54. The van der Waals surface area contributed by atoms with E-state index in [9.17, 15) is 9.59 Å². The largest absolute Gasteiger partial charge is 0.481 e. The lowest BCUT2D eigenvalue weighted by Gasteiger charge is -2.26. The van der Waals surface area contributed by atoms with E-state index in [4.69, 9.17) is 10.4 Å². The van der Waals surface area contributed by atoms with Crippen molar-refractivity contribution in [3.63, 3.8) is 0 Å². The maximum Gasteiger partial charge on any atom is 0.322 e. The van der Waals surface area contributed by atoms with Crippen molar-refractivity contribution < 1.29 is 14.7 Å². The van der Waals surface area contributed by atoms with Gasteiger partial charge in [-0.25, -0.2) is 4.79 Å². The fourth-order valence-corrected chi connectivity index (χ4v) is 1.69. The fraction of sp³-hybridized carbons (Fsp3) is 0.357. The molecule has 0 saturated heterocycles. The number of carboxylic acid groups (broad SMARTS) is 1. The number of nitriles is 1. The van der Waals surface area contributed by atoms with Crippen LogP contribution in [0.1, 0.15) is 25.8 Å². The molecule has 0 fully saturated rings.